The highest BCUT2D eigenvalue weighted by atomic mass is 16.5. The molecule has 0 aliphatic rings. The Labute approximate surface area is 148 Å². The first kappa shape index (κ1) is 17.4. The molecule has 0 saturated heterocycles. The minimum Gasteiger partial charge on any atom is -0.463 e. The van der Waals surface area contributed by atoms with E-state index < -0.39 is 17.6 Å². The fourth-order valence-corrected chi connectivity index (χ4v) is 2.66. The van der Waals surface area contributed by atoms with Crippen LogP contribution in [-0.2, 0) is 25.7 Å². The van der Waals surface area contributed by atoms with Crippen LogP contribution in [0.4, 0.5) is 0 Å². The Kier molecular flexibility index (Phi) is 5.12. The maximum Gasteiger partial charge on any atom is 0.336 e. The van der Waals surface area contributed by atoms with E-state index in [1.807, 2.05) is 30.3 Å². The Hall–Kier alpha value is -3.41. The molecule has 0 radical (unpaired) electrons. The Balaban J connectivity index is 1.90. The number of esters is 2. The van der Waals surface area contributed by atoms with E-state index in [9.17, 15) is 14.4 Å². The second kappa shape index (κ2) is 7.65. The lowest BCUT2D eigenvalue weighted by atomic mass is 10.0. The second-order valence-corrected chi connectivity index (χ2v) is 5.44. The van der Waals surface area contributed by atoms with E-state index >= 15 is 0 Å². The Bertz CT molecular complexity index is 1060. The summed E-state index contributed by atoms with van der Waals surface area (Å²) in [4.78, 5) is 34.8. The molecule has 0 aliphatic heterocycles. The summed E-state index contributed by atoms with van der Waals surface area (Å²) >= 11 is 0. The maximum atomic E-state index is 11.8. The average Bonchev–Trinajstić information content (AvgIpc) is 2.64. The van der Waals surface area contributed by atoms with Gasteiger partial charge in [-0.15, -0.1) is 0 Å². The summed E-state index contributed by atoms with van der Waals surface area (Å²) in [6.07, 6.45) is 1.99. The van der Waals surface area contributed by atoms with Gasteiger partial charge in [0.2, 0.25) is 0 Å². The normalized spacial score (nSPS) is 11.1. The van der Waals surface area contributed by atoms with Gasteiger partial charge < -0.3 is 13.9 Å². The molecule has 132 valence electrons. The number of benzene rings is 2. The molecular formula is C20H16O6. The first-order valence-electron chi connectivity index (χ1n) is 8.04. The van der Waals surface area contributed by atoms with E-state index in [0.29, 0.717) is 16.5 Å². The predicted octanol–water partition coefficient (Wildman–Crippen LogP) is 3.11. The van der Waals surface area contributed by atoms with Crippen molar-refractivity contribution in [2.24, 2.45) is 0 Å². The molecule has 6 heteroatoms. The van der Waals surface area contributed by atoms with Gasteiger partial charge in [0.05, 0.1) is 6.61 Å². The van der Waals surface area contributed by atoms with Gasteiger partial charge >= 0.3 is 17.6 Å². The molecule has 1 aromatic heterocycles. The SMILES string of the molecule is CCOC(=O)C=CC(=O)OCc1cc(=O)oc2ccc3ccccc3c12. The quantitative estimate of drug-likeness (QED) is 0.304. The lowest BCUT2D eigenvalue weighted by molar-refractivity contribution is -0.141. The minimum atomic E-state index is -0.709. The van der Waals surface area contributed by atoms with Gasteiger partial charge in [-0.1, -0.05) is 30.3 Å². The monoisotopic (exact) mass is 352 g/mol. The Morgan fingerprint density at radius 1 is 1.04 bits per heavy atom. The third-order valence-corrected chi connectivity index (χ3v) is 3.73. The van der Waals surface area contributed by atoms with Crippen molar-refractivity contribution in [1.82, 2.24) is 0 Å². The molecule has 0 bridgehead atoms. The lowest BCUT2D eigenvalue weighted by Crippen LogP contribution is -2.07. The Morgan fingerprint density at radius 2 is 1.77 bits per heavy atom. The van der Waals surface area contributed by atoms with Gasteiger partial charge in [-0.3, -0.25) is 0 Å². The van der Waals surface area contributed by atoms with Gasteiger partial charge in [-0.2, -0.15) is 0 Å². The van der Waals surface area contributed by atoms with Crippen LogP contribution in [0.1, 0.15) is 12.5 Å². The van der Waals surface area contributed by atoms with Gasteiger partial charge in [-0.25, -0.2) is 14.4 Å². The zero-order valence-corrected chi connectivity index (χ0v) is 14.1. The van der Waals surface area contributed by atoms with Crippen molar-refractivity contribution in [3.63, 3.8) is 0 Å². The van der Waals surface area contributed by atoms with Crippen molar-refractivity contribution in [2.45, 2.75) is 13.5 Å². The Morgan fingerprint density at radius 3 is 2.54 bits per heavy atom. The van der Waals surface area contributed by atoms with Crippen LogP contribution in [0.3, 0.4) is 0 Å². The molecule has 0 atom stereocenters. The first-order valence-corrected chi connectivity index (χ1v) is 8.04. The molecule has 0 N–H and O–H groups in total. The first-order chi connectivity index (χ1) is 12.6. The third kappa shape index (κ3) is 3.80. The minimum absolute atomic E-state index is 0.123. The number of carbonyl (C=O) groups is 2. The fourth-order valence-electron chi connectivity index (χ4n) is 2.66. The van der Waals surface area contributed by atoms with Crippen molar-refractivity contribution >= 4 is 33.7 Å². The number of hydrogen-bond acceptors (Lipinski definition) is 6. The molecule has 2 aromatic carbocycles. The molecule has 0 fully saturated rings. The molecule has 3 rings (SSSR count). The average molecular weight is 352 g/mol. The number of rotatable bonds is 5. The summed E-state index contributed by atoms with van der Waals surface area (Å²) in [5.41, 5.74) is 0.427. The van der Waals surface area contributed by atoms with Gasteiger partial charge in [0.25, 0.3) is 0 Å². The molecule has 0 unspecified atom stereocenters. The zero-order chi connectivity index (χ0) is 18.5. The fraction of sp³-hybridized carbons (Fsp3) is 0.150. The number of fused-ring (bicyclic) bond motifs is 3. The largest absolute Gasteiger partial charge is 0.463 e. The van der Waals surface area contributed by atoms with Crippen LogP contribution in [0.5, 0.6) is 0 Å². The van der Waals surface area contributed by atoms with Crippen LogP contribution in [-0.4, -0.2) is 18.5 Å². The van der Waals surface area contributed by atoms with E-state index in [1.54, 1.807) is 13.0 Å². The summed E-state index contributed by atoms with van der Waals surface area (Å²) < 4.78 is 15.1. The van der Waals surface area contributed by atoms with E-state index in [1.165, 1.54) is 6.07 Å². The molecule has 1 heterocycles. The molecule has 6 nitrogen and oxygen atoms in total. The number of carbonyl (C=O) groups excluding carboxylic acids is 2. The van der Waals surface area contributed by atoms with Gasteiger partial charge in [0.1, 0.15) is 12.2 Å². The van der Waals surface area contributed by atoms with Crippen molar-refractivity contribution < 1.29 is 23.5 Å². The predicted molar refractivity (Wildman–Crippen MR) is 95.6 cm³/mol. The number of hydrogen-bond donors (Lipinski definition) is 0. The summed E-state index contributed by atoms with van der Waals surface area (Å²) in [7, 11) is 0. The van der Waals surface area contributed by atoms with E-state index in [0.717, 1.165) is 22.9 Å². The van der Waals surface area contributed by atoms with Crippen molar-refractivity contribution in [3.05, 3.63) is 70.6 Å². The van der Waals surface area contributed by atoms with Crippen LogP contribution in [0.2, 0.25) is 0 Å². The highest BCUT2D eigenvalue weighted by Gasteiger charge is 2.11. The lowest BCUT2D eigenvalue weighted by Gasteiger charge is -2.08. The van der Waals surface area contributed by atoms with Crippen LogP contribution >= 0.6 is 0 Å². The molecule has 0 amide bonds. The molecule has 0 aliphatic carbocycles. The highest BCUT2D eigenvalue weighted by Crippen LogP contribution is 2.27. The van der Waals surface area contributed by atoms with Gasteiger partial charge in [-0.05, 0) is 23.8 Å². The zero-order valence-electron chi connectivity index (χ0n) is 14.1. The molecule has 3 aromatic rings. The molecular weight excluding hydrogens is 336 g/mol. The van der Waals surface area contributed by atoms with E-state index in [2.05, 4.69) is 4.74 Å². The third-order valence-electron chi connectivity index (χ3n) is 3.73. The molecule has 0 spiro atoms. The van der Waals surface area contributed by atoms with Gasteiger partial charge in [0.15, 0.2) is 0 Å². The smallest absolute Gasteiger partial charge is 0.336 e. The summed E-state index contributed by atoms with van der Waals surface area (Å²) in [5.74, 6) is -1.33. The molecule has 26 heavy (non-hydrogen) atoms. The van der Waals surface area contributed by atoms with E-state index in [4.69, 9.17) is 9.15 Å². The standard InChI is InChI=1S/C20H16O6/c1-2-24-17(21)9-10-18(22)25-12-14-11-19(23)26-16-8-7-13-5-3-4-6-15(13)20(14)16/h3-11H,2,12H2,1H3. The van der Waals surface area contributed by atoms with Crippen LogP contribution < -0.4 is 5.63 Å². The van der Waals surface area contributed by atoms with Crippen molar-refractivity contribution in [2.75, 3.05) is 6.61 Å². The van der Waals surface area contributed by atoms with Crippen LogP contribution in [0.25, 0.3) is 21.7 Å². The van der Waals surface area contributed by atoms with Crippen LogP contribution in [0.15, 0.2) is 63.8 Å². The van der Waals surface area contributed by atoms with Crippen molar-refractivity contribution in [3.8, 4) is 0 Å². The topological polar surface area (TPSA) is 82.8 Å². The number of ether oxygens (including phenoxy) is 2. The highest BCUT2D eigenvalue weighted by molar-refractivity contribution is 6.07. The van der Waals surface area contributed by atoms with E-state index in [-0.39, 0.29) is 13.2 Å². The summed E-state index contributed by atoms with van der Waals surface area (Å²) in [5, 5.41) is 2.58. The summed E-state index contributed by atoms with van der Waals surface area (Å²) in [6.45, 7) is 1.76. The van der Waals surface area contributed by atoms with Crippen LogP contribution in [0, 0.1) is 0 Å². The van der Waals surface area contributed by atoms with Crippen molar-refractivity contribution in [1.29, 1.82) is 0 Å². The second-order valence-electron chi connectivity index (χ2n) is 5.44. The van der Waals surface area contributed by atoms with Gasteiger partial charge in [0, 0.05) is 29.2 Å². The summed E-state index contributed by atoms with van der Waals surface area (Å²) in [6, 6.07) is 12.5. The molecule has 0 saturated carbocycles. The maximum absolute atomic E-state index is 11.8.